The minimum Gasteiger partial charge on any atom is -0.367 e. The summed E-state index contributed by atoms with van der Waals surface area (Å²) >= 11 is 0. The summed E-state index contributed by atoms with van der Waals surface area (Å²) in [5.41, 5.74) is 4.81. The molecule has 3 aromatic carbocycles. The first-order chi connectivity index (χ1) is 14.4. The van der Waals surface area contributed by atoms with E-state index >= 15 is 0 Å². The van der Waals surface area contributed by atoms with Crippen molar-refractivity contribution in [2.75, 3.05) is 18.0 Å². The maximum absolute atomic E-state index is 13.7. The minimum absolute atomic E-state index is 0.0920. The Morgan fingerprint density at radius 3 is 2.43 bits per heavy atom. The number of halogens is 2. The van der Waals surface area contributed by atoms with Gasteiger partial charge in [0.2, 0.25) is 10.0 Å². The van der Waals surface area contributed by atoms with Crippen molar-refractivity contribution in [3.8, 4) is 0 Å². The SMILES string of the molecule is O=S(=O)(NCCc1ccc(N2CCc3ccccc3C2)cc1)c1cc(F)ccc1F. The van der Waals surface area contributed by atoms with E-state index in [4.69, 9.17) is 0 Å². The predicted molar refractivity (Wildman–Crippen MR) is 113 cm³/mol. The average Bonchev–Trinajstić information content (AvgIpc) is 2.75. The molecule has 0 saturated heterocycles. The van der Waals surface area contributed by atoms with Gasteiger partial charge in [-0.1, -0.05) is 36.4 Å². The van der Waals surface area contributed by atoms with Crippen LogP contribution in [0.2, 0.25) is 0 Å². The Morgan fingerprint density at radius 2 is 1.67 bits per heavy atom. The first-order valence-electron chi connectivity index (χ1n) is 9.78. The number of benzene rings is 3. The van der Waals surface area contributed by atoms with Gasteiger partial charge in [0.25, 0.3) is 0 Å². The molecule has 0 radical (unpaired) electrons. The second-order valence-electron chi connectivity index (χ2n) is 7.33. The van der Waals surface area contributed by atoms with E-state index < -0.39 is 26.6 Å². The van der Waals surface area contributed by atoms with E-state index in [-0.39, 0.29) is 6.54 Å². The summed E-state index contributed by atoms with van der Waals surface area (Å²) in [5, 5.41) is 0. The zero-order valence-corrected chi connectivity index (χ0v) is 17.1. The molecule has 0 aliphatic carbocycles. The van der Waals surface area contributed by atoms with Crippen LogP contribution in [0.5, 0.6) is 0 Å². The van der Waals surface area contributed by atoms with Gasteiger partial charge in [-0.25, -0.2) is 21.9 Å². The van der Waals surface area contributed by atoms with Crippen molar-refractivity contribution in [1.82, 2.24) is 4.72 Å². The molecule has 0 bridgehead atoms. The van der Waals surface area contributed by atoms with Gasteiger partial charge in [-0.2, -0.15) is 0 Å². The summed E-state index contributed by atoms with van der Waals surface area (Å²) in [5.74, 6) is -1.77. The summed E-state index contributed by atoms with van der Waals surface area (Å²) < 4.78 is 53.8. The van der Waals surface area contributed by atoms with Crippen molar-refractivity contribution in [3.63, 3.8) is 0 Å². The quantitative estimate of drug-likeness (QED) is 0.645. The molecule has 4 nitrogen and oxygen atoms in total. The van der Waals surface area contributed by atoms with E-state index in [0.717, 1.165) is 42.9 Å². The highest BCUT2D eigenvalue weighted by atomic mass is 32.2. The number of hydrogen-bond acceptors (Lipinski definition) is 3. The molecule has 30 heavy (non-hydrogen) atoms. The molecule has 156 valence electrons. The van der Waals surface area contributed by atoms with Crippen LogP contribution < -0.4 is 9.62 Å². The monoisotopic (exact) mass is 428 g/mol. The molecule has 3 aromatic rings. The van der Waals surface area contributed by atoms with Gasteiger partial charge in [-0.05, 0) is 59.9 Å². The summed E-state index contributed by atoms with van der Waals surface area (Å²) in [6.45, 7) is 1.92. The highest BCUT2D eigenvalue weighted by Gasteiger charge is 2.19. The molecule has 1 heterocycles. The number of rotatable bonds is 6. The van der Waals surface area contributed by atoms with Crippen LogP contribution in [0.1, 0.15) is 16.7 Å². The van der Waals surface area contributed by atoms with Crippen molar-refractivity contribution in [2.24, 2.45) is 0 Å². The normalized spacial score (nSPS) is 13.9. The molecular formula is C23H22F2N2O2S. The van der Waals surface area contributed by atoms with Crippen LogP contribution in [-0.2, 0) is 29.4 Å². The molecule has 0 unspecified atom stereocenters. The molecule has 1 aliphatic heterocycles. The smallest absolute Gasteiger partial charge is 0.243 e. The zero-order chi connectivity index (χ0) is 21.1. The zero-order valence-electron chi connectivity index (χ0n) is 16.3. The Bertz CT molecular complexity index is 1150. The maximum Gasteiger partial charge on any atom is 0.243 e. The second-order valence-corrected chi connectivity index (χ2v) is 9.06. The molecule has 0 spiro atoms. The molecule has 0 fully saturated rings. The lowest BCUT2D eigenvalue weighted by Gasteiger charge is -2.30. The molecule has 4 rings (SSSR count). The lowest BCUT2D eigenvalue weighted by molar-refractivity contribution is 0.546. The average molecular weight is 429 g/mol. The van der Waals surface area contributed by atoms with Crippen LogP contribution in [0.15, 0.2) is 71.6 Å². The maximum atomic E-state index is 13.7. The van der Waals surface area contributed by atoms with Gasteiger partial charge in [0.05, 0.1) is 0 Å². The number of hydrogen-bond donors (Lipinski definition) is 1. The molecule has 7 heteroatoms. The summed E-state index contributed by atoms with van der Waals surface area (Å²) in [4.78, 5) is 1.64. The Morgan fingerprint density at radius 1 is 0.933 bits per heavy atom. The number of anilines is 1. The molecule has 0 saturated carbocycles. The van der Waals surface area contributed by atoms with Gasteiger partial charge in [-0.15, -0.1) is 0 Å². The fourth-order valence-electron chi connectivity index (χ4n) is 3.68. The van der Waals surface area contributed by atoms with Crippen LogP contribution in [0, 0.1) is 11.6 Å². The first-order valence-corrected chi connectivity index (χ1v) is 11.3. The topological polar surface area (TPSA) is 49.4 Å². The highest BCUT2D eigenvalue weighted by Crippen LogP contribution is 2.24. The van der Waals surface area contributed by atoms with E-state index in [1.165, 1.54) is 11.1 Å². The third-order valence-electron chi connectivity index (χ3n) is 5.32. The Balaban J connectivity index is 1.36. The van der Waals surface area contributed by atoms with Crippen LogP contribution in [0.25, 0.3) is 0 Å². The number of fused-ring (bicyclic) bond motifs is 1. The fraction of sp³-hybridized carbons (Fsp3) is 0.217. The van der Waals surface area contributed by atoms with Crippen molar-refractivity contribution in [2.45, 2.75) is 24.3 Å². The van der Waals surface area contributed by atoms with E-state index in [9.17, 15) is 17.2 Å². The highest BCUT2D eigenvalue weighted by molar-refractivity contribution is 7.89. The third kappa shape index (κ3) is 4.52. The summed E-state index contributed by atoms with van der Waals surface area (Å²) in [7, 11) is -4.11. The molecule has 0 atom stereocenters. The van der Waals surface area contributed by atoms with Crippen molar-refractivity contribution in [1.29, 1.82) is 0 Å². The lowest BCUT2D eigenvalue weighted by Crippen LogP contribution is -2.30. The summed E-state index contributed by atoms with van der Waals surface area (Å²) in [6, 6.07) is 18.8. The van der Waals surface area contributed by atoms with Crippen LogP contribution in [0.4, 0.5) is 14.5 Å². The summed E-state index contributed by atoms with van der Waals surface area (Å²) in [6.07, 6.45) is 1.45. The minimum atomic E-state index is -4.11. The van der Waals surface area contributed by atoms with Crippen molar-refractivity contribution < 1.29 is 17.2 Å². The number of sulfonamides is 1. The van der Waals surface area contributed by atoms with Crippen LogP contribution >= 0.6 is 0 Å². The van der Waals surface area contributed by atoms with Gasteiger partial charge in [-0.3, -0.25) is 0 Å². The van der Waals surface area contributed by atoms with Crippen LogP contribution in [-0.4, -0.2) is 21.5 Å². The van der Waals surface area contributed by atoms with E-state index in [1.807, 2.05) is 24.3 Å². The largest absolute Gasteiger partial charge is 0.367 e. The molecule has 0 aromatic heterocycles. The van der Waals surface area contributed by atoms with Crippen molar-refractivity contribution >= 4 is 15.7 Å². The molecular weight excluding hydrogens is 406 g/mol. The van der Waals surface area contributed by atoms with Crippen LogP contribution in [0.3, 0.4) is 0 Å². The van der Waals surface area contributed by atoms with Gasteiger partial charge in [0.1, 0.15) is 16.5 Å². The Labute approximate surface area is 175 Å². The second kappa shape index (κ2) is 8.53. The standard InChI is InChI=1S/C23H22F2N2O2S/c24-20-7-10-22(25)23(15-20)30(28,29)26-13-11-17-5-8-21(9-6-17)27-14-12-18-3-1-2-4-19(18)16-27/h1-10,15,26H,11-14,16H2. The van der Waals surface area contributed by atoms with E-state index in [0.29, 0.717) is 12.5 Å². The first kappa shape index (κ1) is 20.5. The van der Waals surface area contributed by atoms with E-state index in [2.05, 4.69) is 33.9 Å². The lowest BCUT2D eigenvalue weighted by atomic mass is 9.99. The van der Waals surface area contributed by atoms with Gasteiger partial charge < -0.3 is 4.90 Å². The van der Waals surface area contributed by atoms with Crippen molar-refractivity contribution in [3.05, 3.63) is 95.1 Å². The number of nitrogens with zero attached hydrogens (tertiary/aromatic N) is 1. The van der Waals surface area contributed by atoms with Gasteiger partial charge in [0, 0.05) is 25.3 Å². The predicted octanol–water partition coefficient (Wildman–Crippen LogP) is 4.05. The fourth-order valence-corrected chi connectivity index (χ4v) is 4.80. The van der Waals surface area contributed by atoms with Gasteiger partial charge >= 0.3 is 0 Å². The number of nitrogens with one attached hydrogen (secondary N) is 1. The molecule has 1 aliphatic rings. The van der Waals surface area contributed by atoms with Gasteiger partial charge in [0.15, 0.2) is 0 Å². The Hall–Kier alpha value is -2.77. The Kier molecular flexibility index (Phi) is 5.83. The molecule has 0 amide bonds. The third-order valence-corrected chi connectivity index (χ3v) is 6.80. The van der Waals surface area contributed by atoms with E-state index in [1.54, 1.807) is 0 Å². The molecule has 1 N–H and O–H groups in total.